The van der Waals surface area contributed by atoms with Gasteiger partial charge in [-0.15, -0.1) is 0 Å². The highest BCUT2D eigenvalue weighted by molar-refractivity contribution is 5.91. The van der Waals surface area contributed by atoms with Crippen molar-refractivity contribution >= 4 is 22.5 Å². The topological polar surface area (TPSA) is 131 Å². The highest BCUT2D eigenvalue weighted by Gasteiger charge is 2.30. The third-order valence-corrected chi connectivity index (χ3v) is 7.20. The number of hydrogen-bond acceptors (Lipinski definition) is 9. The van der Waals surface area contributed by atoms with Crippen molar-refractivity contribution in [1.82, 2.24) is 30.3 Å². The van der Waals surface area contributed by atoms with Gasteiger partial charge in [0.05, 0.1) is 31.1 Å². The maximum atomic E-state index is 10.1. The van der Waals surface area contributed by atoms with Gasteiger partial charge in [0.25, 0.3) is 0 Å². The summed E-state index contributed by atoms with van der Waals surface area (Å²) in [7, 11) is 1.91. The van der Waals surface area contributed by atoms with E-state index in [0.717, 1.165) is 61.0 Å². The van der Waals surface area contributed by atoms with Gasteiger partial charge in [-0.2, -0.15) is 10.2 Å². The number of H-pyrrole nitrogens is 1. The molecule has 0 amide bonds. The molecule has 196 valence electrons. The zero-order valence-corrected chi connectivity index (χ0v) is 21.2. The molecule has 1 saturated heterocycles. The first-order chi connectivity index (χ1) is 17.5. The summed E-state index contributed by atoms with van der Waals surface area (Å²) in [5.41, 5.74) is 2.84. The van der Waals surface area contributed by atoms with Gasteiger partial charge in [0.15, 0.2) is 11.6 Å². The van der Waals surface area contributed by atoms with Crippen molar-refractivity contribution in [2.24, 2.45) is 7.05 Å². The smallest absolute Gasteiger partial charge is 0.213 e. The lowest BCUT2D eigenvalue weighted by Crippen LogP contribution is -2.39. The van der Waals surface area contributed by atoms with E-state index < -0.39 is 6.41 Å². The predicted octanol–water partition coefficient (Wildman–Crippen LogP) is 3.06. The van der Waals surface area contributed by atoms with Crippen molar-refractivity contribution in [3.05, 3.63) is 29.7 Å². The molecule has 11 nitrogen and oxygen atoms in total. The number of aryl methyl sites for hydroxylation is 1. The maximum absolute atomic E-state index is 10.1. The second kappa shape index (κ2) is 11.2. The molecule has 0 radical (unpaired) electrons. The fraction of sp³-hybridized carbons (Fsp3) is 0.640. The largest absolute Gasteiger partial charge is 0.379 e. The summed E-state index contributed by atoms with van der Waals surface area (Å²) in [6.45, 7) is 5.94. The second-order valence-corrected chi connectivity index (χ2v) is 9.85. The molecule has 3 aromatic rings. The first kappa shape index (κ1) is 25.1. The Morgan fingerprint density at radius 2 is 2.19 bits per heavy atom. The van der Waals surface area contributed by atoms with Gasteiger partial charge >= 0.3 is 0 Å². The number of aliphatic hydroxyl groups excluding tert-OH is 1. The molecule has 4 N–H and O–H groups in total. The van der Waals surface area contributed by atoms with E-state index in [1.165, 1.54) is 0 Å². The molecule has 5 atom stereocenters. The Balaban J connectivity index is 1.22. The third-order valence-electron chi connectivity index (χ3n) is 7.20. The van der Waals surface area contributed by atoms with Gasteiger partial charge in [0, 0.05) is 49.0 Å². The molecular formula is C25H37N7O4. The van der Waals surface area contributed by atoms with E-state index in [2.05, 4.69) is 37.8 Å². The van der Waals surface area contributed by atoms with E-state index in [1.54, 1.807) is 6.20 Å². The van der Waals surface area contributed by atoms with Gasteiger partial charge in [0.1, 0.15) is 5.52 Å². The number of aliphatic hydroxyl groups is 1. The summed E-state index contributed by atoms with van der Waals surface area (Å²) in [4.78, 5) is 4.55. The van der Waals surface area contributed by atoms with Crippen LogP contribution in [0.2, 0.25) is 0 Å². The molecule has 2 fully saturated rings. The normalized spacial score (nSPS) is 23.9. The van der Waals surface area contributed by atoms with Crippen LogP contribution < -0.4 is 10.6 Å². The summed E-state index contributed by atoms with van der Waals surface area (Å²) in [6, 6.07) is 4.21. The van der Waals surface area contributed by atoms with Crippen molar-refractivity contribution in [2.45, 2.75) is 83.1 Å². The first-order valence-corrected chi connectivity index (χ1v) is 12.9. The number of ether oxygens (including phenoxy) is 3. The van der Waals surface area contributed by atoms with Crippen LogP contribution in [0.4, 0.5) is 11.6 Å². The van der Waals surface area contributed by atoms with Gasteiger partial charge in [-0.05, 0) is 45.1 Å². The van der Waals surface area contributed by atoms with Gasteiger partial charge in [-0.1, -0.05) is 6.92 Å². The molecule has 0 aromatic carbocycles. The van der Waals surface area contributed by atoms with Crippen LogP contribution in [-0.2, 0) is 27.9 Å². The number of pyridine rings is 1. The Hall–Kier alpha value is -2.57. The zero-order valence-electron chi connectivity index (χ0n) is 21.2. The lowest BCUT2D eigenvalue weighted by Gasteiger charge is -2.21. The van der Waals surface area contributed by atoms with E-state index in [4.69, 9.17) is 14.2 Å². The minimum absolute atomic E-state index is 0.0163. The number of hydrogen-bond donors (Lipinski definition) is 4. The Kier molecular flexibility index (Phi) is 7.82. The van der Waals surface area contributed by atoms with Crippen LogP contribution >= 0.6 is 0 Å². The van der Waals surface area contributed by atoms with E-state index in [-0.39, 0.29) is 18.2 Å². The van der Waals surface area contributed by atoms with Gasteiger partial charge in [0.2, 0.25) is 6.41 Å². The van der Waals surface area contributed by atoms with Crippen LogP contribution in [0.1, 0.15) is 63.3 Å². The highest BCUT2D eigenvalue weighted by Crippen LogP contribution is 2.36. The molecule has 1 aliphatic heterocycles. The highest BCUT2D eigenvalue weighted by atomic mass is 16.6. The molecule has 36 heavy (non-hydrogen) atoms. The van der Waals surface area contributed by atoms with Crippen molar-refractivity contribution in [3.63, 3.8) is 0 Å². The number of anilines is 2. The number of aromatic amines is 1. The quantitative estimate of drug-likeness (QED) is 0.294. The first-order valence-electron chi connectivity index (χ1n) is 12.9. The number of aromatic nitrogens is 5. The molecular weight excluding hydrogens is 462 g/mol. The Morgan fingerprint density at radius 3 is 3.00 bits per heavy atom. The lowest BCUT2D eigenvalue weighted by molar-refractivity contribution is -0.156. The van der Waals surface area contributed by atoms with Crippen molar-refractivity contribution in [1.29, 1.82) is 0 Å². The molecule has 0 bridgehead atoms. The average Bonchev–Trinajstić information content (AvgIpc) is 3.66. The molecule has 0 spiro atoms. The van der Waals surface area contributed by atoms with Crippen LogP contribution in [0.3, 0.4) is 0 Å². The minimum atomic E-state index is -0.935. The lowest BCUT2D eigenvalue weighted by atomic mass is 10.0. The Labute approximate surface area is 210 Å². The minimum Gasteiger partial charge on any atom is -0.379 e. The van der Waals surface area contributed by atoms with E-state index in [1.807, 2.05) is 30.8 Å². The van der Waals surface area contributed by atoms with Crippen molar-refractivity contribution in [3.8, 4) is 0 Å². The van der Waals surface area contributed by atoms with Crippen LogP contribution in [-0.4, -0.2) is 67.9 Å². The number of nitrogens with one attached hydrogen (secondary N) is 3. The standard InChI is InChI=1S/C25H37N7O4/c1-4-15(2)27-25(33)36-17-6-5-16(11-17)20-12-22(30-29-20)28-24-23-19(7-9-26-24)21(31-32(23)3)14-35-18-8-10-34-13-18/h7,9,12,15-18,25,27,33H,4-6,8,10-11,13-14H2,1-3H3,(H2,26,28,29,30)/t15?,16-,17+,18?,25?/m0/s1. The fourth-order valence-corrected chi connectivity index (χ4v) is 5.00. The predicted molar refractivity (Wildman–Crippen MR) is 135 cm³/mol. The molecule has 3 unspecified atom stereocenters. The average molecular weight is 500 g/mol. The van der Waals surface area contributed by atoms with E-state index in [0.29, 0.717) is 30.8 Å². The number of rotatable bonds is 11. The van der Waals surface area contributed by atoms with Gasteiger partial charge in [-0.25, -0.2) is 4.98 Å². The summed E-state index contributed by atoms with van der Waals surface area (Å²) >= 11 is 0. The number of fused-ring (bicyclic) bond motifs is 1. The van der Waals surface area contributed by atoms with Crippen LogP contribution in [0.15, 0.2) is 18.3 Å². The van der Waals surface area contributed by atoms with Crippen molar-refractivity contribution in [2.75, 3.05) is 18.5 Å². The van der Waals surface area contributed by atoms with Crippen LogP contribution in [0, 0.1) is 0 Å². The van der Waals surface area contributed by atoms with Crippen LogP contribution in [0.5, 0.6) is 0 Å². The number of nitrogens with zero attached hydrogens (tertiary/aromatic N) is 4. The summed E-state index contributed by atoms with van der Waals surface area (Å²) in [5.74, 6) is 1.70. The molecule has 1 aliphatic carbocycles. The fourth-order valence-electron chi connectivity index (χ4n) is 5.00. The second-order valence-electron chi connectivity index (χ2n) is 9.85. The molecule has 4 heterocycles. The third kappa shape index (κ3) is 5.70. The molecule has 11 heteroatoms. The summed E-state index contributed by atoms with van der Waals surface area (Å²) in [5, 5.41) is 29.9. The molecule has 2 aliphatic rings. The molecule has 1 saturated carbocycles. The Bertz CT molecular complexity index is 1140. The van der Waals surface area contributed by atoms with Gasteiger partial charge in [-0.3, -0.25) is 15.1 Å². The summed E-state index contributed by atoms with van der Waals surface area (Å²) < 4.78 is 19.0. The maximum Gasteiger partial charge on any atom is 0.213 e. The zero-order chi connectivity index (χ0) is 25.1. The van der Waals surface area contributed by atoms with Crippen molar-refractivity contribution < 1.29 is 19.3 Å². The monoisotopic (exact) mass is 499 g/mol. The van der Waals surface area contributed by atoms with Gasteiger partial charge < -0.3 is 24.6 Å². The van der Waals surface area contributed by atoms with Crippen LogP contribution in [0.25, 0.3) is 10.9 Å². The SMILES string of the molecule is CCC(C)NC(O)O[C@@H]1CC[C@H](c2cc(Nc3nccc4c(COC5CCOC5)nn(C)c34)n[nH]2)C1. The molecule has 3 aromatic heterocycles. The van der Waals surface area contributed by atoms with E-state index in [9.17, 15) is 5.11 Å². The summed E-state index contributed by atoms with van der Waals surface area (Å²) in [6.07, 6.45) is 5.56. The van der Waals surface area contributed by atoms with E-state index >= 15 is 0 Å². The molecule has 5 rings (SSSR count). The Morgan fingerprint density at radius 1 is 1.31 bits per heavy atom.